The monoisotopic (exact) mass is 344 g/mol. The molecule has 0 amide bonds. The normalized spacial score (nSPS) is 16.3. The van der Waals surface area contributed by atoms with Crippen molar-refractivity contribution in [3.05, 3.63) is 47.5 Å². The number of ether oxygens (including phenoxy) is 1. The first kappa shape index (κ1) is 19.5. The highest BCUT2D eigenvalue weighted by Gasteiger charge is 2.12. The predicted octanol–water partition coefficient (Wildman–Crippen LogP) is 2.54. The summed E-state index contributed by atoms with van der Waals surface area (Å²) in [6, 6.07) is 8.61. The van der Waals surface area contributed by atoms with Gasteiger partial charge in [0.15, 0.2) is 5.96 Å². The van der Waals surface area contributed by atoms with E-state index in [4.69, 9.17) is 9.73 Å². The first-order valence-corrected chi connectivity index (χ1v) is 9.33. The molecule has 1 fully saturated rings. The molecule has 0 radical (unpaired) electrons. The summed E-state index contributed by atoms with van der Waals surface area (Å²) in [5.41, 5.74) is 2.65. The summed E-state index contributed by atoms with van der Waals surface area (Å²) in [5, 5.41) is 6.71. The van der Waals surface area contributed by atoms with Crippen molar-refractivity contribution in [3.63, 3.8) is 0 Å². The Morgan fingerprint density at radius 2 is 1.96 bits per heavy atom. The van der Waals surface area contributed by atoms with Crippen LogP contribution in [-0.2, 0) is 17.8 Å². The summed E-state index contributed by atoms with van der Waals surface area (Å²) >= 11 is 0. The third kappa shape index (κ3) is 7.28. The predicted molar refractivity (Wildman–Crippen MR) is 105 cm³/mol. The van der Waals surface area contributed by atoms with E-state index in [0.29, 0.717) is 6.54 Å². The minimum Gasteiger partial charge on any atom is -0.379 e. The maximum absolute atomic E-state index is 5.44. The molecule has 0 aliphatic carbocycles. The Morgan fingerprint density at radius 1 is 1.20 bits per heavy atom. The van der Waals surface area contributed by atoms with Crippen molar-refractivity contribution >= 4 is 5.96 Å². The number of nitrogens with one attached hydrogen (secondary N) is 2. The van der Waals surface area contributed by atoms with Crippen molar-refractivity contribution in [3.8, 4) is 0 Å². The molecule has 1 heterocycles. The van der Waals surface area contributed by atoms with Crippen molar-refractivity contribution in [2.24, 2.45) is 4.99 Å². The molecule has 1 aliphatic heterocycles. The Balaban J connectivity index is 1.96. The van der Waals surface area contributed by atoms with Gasteiger partial charge in [-0.3, -0.25) is 4.90 Å². The molecule has 0 saturated carbocycles. The van der Waals surface area contributed by atoms with Crippen LogP contribution in [0.4, 0.5) is 0 Å². The molecule has 5 heteroatoms. The van der Waals surface area contributed by atoms with Crippen LogP contribution in [0.15, 0.2) is 41.4 Å². The number of nitrogens with zero attached hydrogens (tertiary/aromatic N) is 2. The Hall–Kier alpha value is -1.85. The van der Waals surface area contributed by atoms with Gasteiger partial charge in [-0.15, -0.1) is 0 Å². The van der Waals surface area contributed by atoms with Gasteiger partial charge in [-0.05, 0) is 31.4 Å². The average molecular weight is 345 g/mol. The van der Waals surface area contributed by atoms with Gasteiger partial charge >= 0.3 is 0 Å². The van der Waals surface area contributed by atoms with Crippen LogP contribution in [0, 0.1) is 0 Å². The van der Waals surface area contributed by atoms with E-state index in [0.717, 1.165) is 58.3 Å². The van der Waals surface area contributed by atoms with Crippen LogP contribution in [0.2, 0.25) is 0 Å². The number of guanidine groups is 1. The third-order valence-electron chi connectivity index (χ3n) is 4.21. The van der Waals surface area contributed by atoms with Crippen molar-refractivity contribution in [2.45, 2.75) is 33.4 Å². The lowest BCUT2D eigenvalue weighted by molar-refractivity contribution is 0.0341. The second kappa shape index (κ2) is 11.7. The van der Waals surface area contributed by atoms with Crippen molar-refractivity contribution in [2.75, 3.05) is 39.4 Å². The molecule has 1 aromatic carbocycles. The summed E-state index contributed by atoms with van der Waals surface area (Å²) in [5.74, 6) is 0.883. The van der Waals surface area contributed by atoms with Gasteiger partial charge in [0.05, 0.1) is 19.8 Å². The maximum Gasteiger partial charge on any atom is 0.191 e. The molecule has 1 aliphatic rings. The number of allylic oxidation sites excluding steroid dienone is 1. The first-order valence-electron chi connectivity index (χ1n) is 9.33. The van der Waals surface area contributed by atoms with Crippen LogP contribution in [0.3, 0.4) is 0 Å². The average Bonchev–Trinajstić information content (AvgIpc) is 2.65. The van der Waals surface area contributed by atoms with Crippen LogP contribution >= 0.6 is 0 Å². The molecule has 2 N–H and O–H groups in total. The molecule has 2 rings (SSSR count). The van der Waals surface area contributed by atoms with Crippen molar-refractivity contribution in [1.29, 1.82) is 0 Å². The van der Waals surface area contributed by atoms with Gasteiger partial charge in [0, 0.05) is 32.7 Å². The number of aliphatic imine (C=N–C) groups is 1. The van der Waals surface area contributed by atoms with E-state index in [9.17, 15) is 0 Å². The Morgan fingerprint density at radius 3 is 2.68 bits per heavy atom. The lowest BCUT2D eigenvalue weighted by Gasteiger charge is -2.27. The highest BCUT2D eigenvalue weighted by atomic mass is 16.5. The zero-order valence-corrected chi connectivity index (χ0v) is 15.6. The molecule has 1 saturated heterocycles. The molecule has 138 valence electrons. The summed E-state index contributed by atoms with van der Waals surface area (Å²) in [6.07, 6.45) is 5.25. The number of morpholine rings is 1. The molecule has 1 aromatic rings. The van der Waals surface area contributed by atoms with Crippen LogP contribution in [0.5, 0.6) is 0 Å². The van der Waals surface area contributed by atoms with Gasteiger partial charge in [0.1, 0.15) is 0 Å². The fourth-order valence-electron chi connectivity index (χ4n) is 2.81. The zero-order chi connectivity index (χ0) is 17.7. The quantitative estimate of drug-likeness (QED) is 0.329. The lowest BCUT2D eigenvalue weighted by Crippen LogP contribution is -2.37. The number of hydrogen-bond acceptors (Lipinski definition) is 3. The second-order valence-electron chi connectivity index (χ2n) is 6.14. The number of rotatable bonds is 8. The zero-order valence-electron chi connectivity index (χ0n) is 15.6. The van der Waals surface area contributed by atoms with E-state index < -0.39 is 0 Å². The number of hydrogen-bond donors (Lipinski definition) is 2. The molecular formula is C20H32N4O. The number of benzene rings is 1. The van der Waals surface area contributed by atoms with Gasteiger partial charge in [-0.1, -0.05) is 36.4 Å². The smallest absolute Gasteiger partial charge is 0.191 e. The summed E-state index contributed by atoms with van der Waals surface area (Å²) in [7, 11) is 0. The van der Waals surface area contributed by atoms with Crippen LogP contribution in [0.25, 0.3) is 0 Å². The van der Waals surface area contributed by atoms with E-state index in [1.54, 1.807) is 0 Å². The fraction of sp³-hybridized carbons (Fsp3) is 0.550. The van der Waals surface area contributed by atoms with Crippen LogP contribution < -0.4 is 10.6 Å². The van der Waals surface area contributed by atoms with Gasteiger partial charge in [-0.25, -0.2) is 4.99 Å². The molecule has 0 bridgehead atoms. The molecular weight excluding hydrogens is 312 g/mol. The third-order valence-corrected chi connectivity index (χ3v) is 4.21. The second-order valence-corrected chi connectivity index (χ2v) is 6.14. The fourth-order valence-corrected chi connectivity index (χ4v) is 2.81. The highest BCUT2D eigenvalue weighted by molar-refractivity contribution is 5.79. The van der Waals surface area contributed by atoms with E-state index in [1.807, 2.05) is 6.92 Å². The van der Waals surface area contributed by atoms with Crippen molar-refractivity contribution in [1.82, 2.24) is 15.5 Å². The van der Waals surface area contributed by atoms with Gasteiger partial charge < -0.3 is 15.4 Å². The molecule has 25 heavy (non-hydrogen) atoms. The Kier molecular flexibility index (Phi) is 9.08. The minimum atomic E-state index is 0.694. The van der Waals surface area contributed by atoms with Gasteiger partial charge in [0.25, 0.3) is 0 Å². The van der Waals surface area contributed by atoms with E-state index >= 15 is 0 Å². The molecule has 0 atom stereocenters. The lowest BCUT2D eigenvalue weighted by atomic mass is 10.1. The summed E-state index contributed by atoms with van der Waals surface area (Å²) < 4.78 is 5.44. The van der Waals surface area contributed by atoms with E-state index in [2.05, 4.69) is 58.9 Å². The Bertz CT molecular complexity index is 550. The molecule has 5 nitrogen and oxygen atoms in total. The van der Waals surface area contributed by atoms with Crippen molar-refractivity contribution < 1.29 is 4.74 Å². The van der Waals surface area contributed by atoms with Crippen LogP contribution in [0.1, 0.15) is 31.4 Å². The van der Waals surface area contributed by atoms with E-state index in [-0.39, 0.29) is 0 Å². The largest absolute Gasteiger partial charge is 0.379 e. The highest BCUT2D eigenvalue weighted by Crippen LogP contribution is 2.14. The topological polar surface area (TPSA) is 48.9 Å². The minimum absolute atomic E-state index is 0.694. The molecule has 0 spiro atoms. The summed E-state index contributed by atoms with van der Waals surface area (Å²) in [4.78, 5) is 7.21. The Labute approximate surface area is 152 Å². The first-order chi connectivity index (χ1) is 12.3. The van der Waals surface area contributed by atoms with Gasteiger partial charge in [-0.2, -0.15) is 0 Å². The maximum atomic E-state index is 5.44. The summed E-state index contributed by atoms with van der Waals surface area (Å²) in [6.45, 7) is 11.2. The molecule has 0 unspecified atom stereocenters. The van der Waals surface area contributed by atoms with E-state index in [1.165, 1.54) is 11.1 Å². The standard InChI is InChI=1S/C20H32N4O/c1-3-5-8-11-22-20(21-4-2)23-16-18-9-6-7-10-19(18)17-24-12-14-25-15-13-24/h3,5-7,9-10H,4,8,11-17H2,1-2H3,(H2,21,22,23). The molecule has 0 aromatic heterocycles. The van der Waals surface area contributed by atoms with Gasteiger partial charge in [0.2, 0.25) is 0 Å². The SMILES string of the molecule is CC=CCCNC(=NCc1ccccc1CN1CCOCC1)NCC. The van der Waals surface area contributed by atoms with Crippen LogP contribution in [-0.4, -0.2) is 50.3 Å².